The Morgan fingerprint density at radius 1 is 1.65 bits per heavy atom. The number of hydrogen-bond acceptors (Lipinski definition) is 4. The molecule has 1 aromatic heterocycles. The van der Waals surface area contributed by atoms with Crippen LogP contribution in [0.5, 0.6) is 0 Å². The summed E-state index contributed by atoms with van der Waals surface area (Å²) in [5.74, 6) is 0.679. The molecule has 0 aliphatic heterocycles. The summed E-state index contributed by atoms with van der Waals surface area (Å²) in [6, 6.07) is 2.25. The number of carbonyl (C=O) groups is 1. The van der Waals surface area contributed by atoms with Crippen molar-refractivity contribution in [3.63, 3.8) is 0 Å². The summed E-state index contributed by atoms with van der Waals surface area (Å²) in [7, 11) is 1.82. The highest BCUT2D eigenvalue weighted by atomic mass is 16.2. The summed E-state index contributed by atoms with van der Waals surface area (Å²) in [6.45, 7) is 2.23. The number of nitrogens with two attached hydrogens (primary N) is 1. The van der Waals surface area contributed by atoms with Gasteiger partial charge in [-0.25, -0.2) is 4.98 Å². The van der Waals surface area contributed by atoms with E-state index < -0.39 is 0 Å². The van der Waals surface area contributed by atoms with E-state index in [4.69, 9.17) is 5.73 Å². The molecule has 1 heterocycles. The molecule has 0 atom stereocenters. The van der Waals surface area contributed by atoms with Gasteiger partial charge in [-0.05, 0) is 31.4 Å². The van der Waals surface area contributed by atoms with Crippen molar-refractivity contribution in [1.29, 1.82) is 0 Å². The minimum atomic E-state index is 0.0248. The Morgan fingerprint density at radius 3 is 2.94 bits per heavy atom. The molecule has 1 saturated carbocycles. The molecule has 2 rings (SSSR count). The topological polar surface area (TPSA) is 71.2 Å². The maximum absolute atomic E-state index is 11.6. The van der Waals surface area contributed by atoms with E-state index >= 15 is 0 Å². The van der Waals surface area contributed by atoms with Crippen LogP contribution >= 0.6 is 0 Å². The summed E-state index contributed by atoms with van der Waals surface area (Å²) in [5, 5.41) is 2.94. The second-order valence-corrected chi connectivity index (χ2v) is 4.62. The predicted octanol–water partition coefficient (Wildman–Crippen LogP) is 0.687. The average Bonchev–Trinajstić information content (AvgIpc) is 3.00. The number of nitrogens with zero attached hydrogens (tertiary/aromatic N) is 2. The third-order valence-electron chi connectivity index (χ3n) is 2.72. The Hall–Kier alpha value is -1.78. The Morgan fingerprint density at radius 2 is 2.35 bits per heavy atom. The van der Waals surface area contributed by atoms with Gasteiger partial charge in [-0.1, -0.05) is 0 Å². The highest BCUT2D eigenvalue weighted by molar-refractivity contribution is 5.82. The summed E-state index contributed by atoms with van der Waals surface area (Å²) >= 11 is 0. The number of pyridine rings is 1. The highest BCUT2D eigenvalue weighted by Crippen LogP contribution is 2.20. The van der Waals surface area contributed by atoms with Crippen LogP contribution in [0.4, 0.5) is 11.5 Å². The van der Waals surface area contributed by atoms with Crippen LogP contribution in [0.1, 0.15) is 18.4 Å². The maximum Gasteiger partial charge on any atom is 0.239 e. The van der Waals surface area contributed by atoms with Gasteiger partial charge in [-0.3, -0.25) is 4.79 Å². The van der Waals surface area contributed by atoms with Gasteiger partial charge in [0.2, 0.25) is 5.91 Å². The zero-order chi connectivity index (χ0) is 12.4. The van der Waals surface area contributed by atoms with Gasteiger partial charge in [-0.2, -0.15) is 0 Å². The Labute approximate surface area is 101 Å². The number of likely N-dealkylation sites (N-methyl/N-ethyl adjacent to an activating group) is 1. The molecule has 0 radical (unpaired) electrons. The third kappa shape index (κ3) is 3.09. The lowest BCUT2D eigenvalue weighted by atomic mass is 10.3. The van der Waals surface area contributed by atoms with Crippen molar-refractivity contribution in [1.82, 2.24) is 10.3 Å². The lowest BCUT2D eigenvalue weighted by molar-refractivity contribution is -0.119. The largest absolute Gasteiger partial charge is 0.396 e. The van der Waals surface area contributed by atoms with Gasteiger partial charge in [0.05, 0.1) is 12.2 Å². The van der Waals surface area contributed by atoms with Crippen LogP contribution in [-0.4, -0.2) is 30.5 Å². The van der Waals surface area contributed by atoms with Gasteiger partial charge in [0, 0.05) is 19.3 Å². The van der Waals surface area contributed by atoms with E-state index in [1.165, 1.54) is 0 Å². The summed E-state index contributed by atoms with van der Waals surface area (Å²) in [6.07, 6.45) is 3.95. The van der Waals surface area contributed by atoms with E-state index in [0.29, 0.717) is 17.5 Å². The van der Waals surface area contributed by atoms with Gasteiger partial charge < -0.3 is 16.0 Å². The second kappa shape index (κ2) is 4.61. The van der Waals surface area contributed by atoms with Crippen molar-refractivity contribution in [2.24, 2.45) is 0 Å². The van der Waals surface area contributed by atoms with E-state index in [9.17, 15) is 4.79 Å². The average molecular weight is 234 g/mol. The molecule has 1 aliphatic carbocycles. The fourth-order valence-electron chi connectivity index (χ4n) is 1.69. The first-order chi connectivity index (χ1) is 8.06. The molecule has 1 aromatic rings. The molecular formula is C12H18N4O. The summed E-state index contributed by atoms with van der Waals surface area (Å²) < 4.78 is 0. The van der Waals surface area contributed by atoms with Crippen LogP contribution in [-0.2, 0) is 4.79 Å². The molecule has 5 heteroatoms. The molecular weight excluding hydrogens is 216 g/mol. The molecule has 0 aromatic carbocycles. The van der Waals surface area contributed by atoms with Gasteiger partial charge in [0.1, 0.15) is 0 Å². The molecule has 3 N–H and O–H groups in total. The molecule has 1 amide bonds. The van der Waals surface area contributed by atoms with Crippen LogP contribution in [0.3, 0.4) is 0 Å². The zero-order valence-electron chi connectivity index (χ0n) is 10.2. The molecule has 0 unspecified atom stereocenters. The van der Waals surface area contributed by atoms with Gasteiger partial charge in [0.25, 0.3) is 0 Å². The first-order valence-electron chi connectivity index (χ1n) is 5.79. The molecule has 1 aliphatic rings. The van der Waals surface area contributed by atoms with E-state index in [0.717, 1.165) is 18.4 Å². The van der Waals surface area contributed by atoms with Crippen LogP contribution in [0.25, 0.3) is 0 Å². The molecule has 92 valence electrons. The summed E-state index contributed by atoms with van der Waals surface area (Å²) in [5.41, 5.74) is 7.50. The third-order valence-corrected chi connectivity index (χ3v) is 2.72. The standard InChI is InChI=1S/C12H18N4O/c1-8-5-10(13)12(14-6-8)16(2)7-11(17)15-9-3-4-9/h5-6,9H,3-4,7,13H2,1-2H3,(H,15,17). The van der Waals surface area contributed by atoms with Crippen molar-refractivity contribution in [2.45, 2.75) is 25.8 Å². The van der Waals surface area contributed by atoms with Gasteiger partial charge in [0.15, 0.2) is 5.82 Å². The fourth-order valence-corrected chi connectivity index (χ4v) is 1.69. The number of nitrogen functional groups attached to an aromatic ring is 1. The quantitative estimate of drug-likeness (QED) is 0.804. The lowest BCUT2D eigenvalue weighted by Crippen LogP contribution is -2.36. The Bertz CT molecular complexity index is 429. The van der Waals surface area contributed by atoms with E-state index in [2.05, 4.69) is 10.3 Å². The lowest BCUT2D eigenvalue weighted by Gasteiger charge is -2.19. The number of nitrogens with one attached hydrogen (secondary N) is 1. The van der Waals surface area contributed by atoms with Crippen molar-refractivity contribution < 1.29 is 4.79 Å². The number of aromatic nitrogens is 1. The number of aryl methyl sites for hydroxylation is 1. The zero-order valence-corrected chi connectivity index (χ0v) is 10.2. The first kappa shape index (κ1) is 11.7. The molecule has 17 heavy (non-hydrogen) atoms. The van der Waals surface area contributed by atoms with Crippen molar-refractivity contribution in [2.75, 3.05) is 24.2 Å². The smallest absolute Gasteiger partial charge is 0.239 e. The fraction of sp³-hybridized carbons (Fsp3) is 0.500. The maximum atomic E-state index is 11.6. The van der Waals surface area contributed by atoms with Gasteiger partial charge >= 0.3 is 0 Å². The van der Waals surface area contributed by atoms with E-state index in [1.54, 1.807) is 11.1 Å². The molecule has 0 spiro atoms. The minimum absolute atomic E-state index is 0.0248. The Kier molecular flexibility index (Phi) is 3.17. The SMILES string of the molecule is Cc1cnc(N(C)CC(=O)NC2CC2)c(N)c1. The van der Waals surface area contributed by atoms with Crippen LogP contribution in [0.2, 0.25) is 0 Å². The second-order valence-electron chi connectivity index (χ2n) is 4.62. The molecule has 0 bridgehead atoms. The number of anilines is 2. The molecule has 0 saturated heterocycles. The highest BCUT2D eigenvalue weighted by Gasteiger charge is 2.23. The van der Waals surface area contributed by atoms with E-state index in [-0.39, 0.29) is 12.5 Å². The monoisotopic (exact) mass is 234 g/mol. The predicted molar refractivity (Wildman–Crippen MR) is 67.8 cm³/mol. The van der Waals surface area contributed by atoms with Crippen LogP contribution in [0.15, 0.2) is 12.3 Å². The first-order valence-corrected chi connectivity index (χ1v) is 5.79. The Balaban J connectivity index is 1.97. The number of hydrogen-bond donors (Lipinski definition) is 2. The summed E-state index contributed by atoms with van der Waals surface area (Å²) in [4.78, 5) is 17.7. The van der Waals surface area contributed by atoms with Crippen molar-refractivity contribution >= 4 is 17.4 Å². The van der Waals surface area contributed by atoms with Crippen LogP contribution in [0, 0.1) is 6.92 Å². The van der Waals surface area contributed by atoms with Crippen molar-refractivity contribution in [3.05, 3.63) is 17.8 Å². The number of carbonyl (C=O) groups excluding carboxylic acids is 1. The number of rotatable bonds is 4. The minimum Gasteiger partial charge on any atom is -0.396 e. The van der Waals surface area contributed by atoms with E-state index in [1.807, 2.05) is 20.0 Å². The normalized spacial score (nSPS) is 14.5. The molecule has 1 fully saturated rings. The van der Waals surface area contributed by atoms with Crippen LogP contribution < -0.4 is 16.0 Å². The molecule has 5 nitrogen and oxygen atoms in total. The number of amides is 1. The van der Waals surface area contributed by atoms with Crippen molar-refractivity contribution in [3.8, 4) is 0 Å². The van der Waals surface area contributed by atoms with Gasteiger partial charge in [-0.15, -0.1) is 0 Å².